The van der Waals surface area contributed by atoms with E-state index < -0.39 is 0 Å². The van der Waals surface area contributed by atoms with Gasteiger partial charge < -0.3 is 19.5 Å². The number of nitrogens with one attached hydrogen (secondary N) is 1. The summed E-state index contributed by atoms with van der Waals surface area (Å²) in [7, 11) is 4.67. The number of amides is 1. The van der Waals surface area contributed by atoms with Crippen LogP contribution < -0.4 is 19.5 Å². The summed E-state index contributed by atoms with van der Waals surface area (Å²) in [5.74, 6) is 1.66. The first-order valence-electron chi connectivity index (χ1n) is 8.61. The molecule has 2 aromatic heterocycles. The van der Waals surface area contributed by atoms with Crippen molar-refractivity contribution >= 4 is 23.4 Å². The van der Waals surface area contributed by atoms with Gasteiger partial charge in [-0.3, -0.25) is 9.78 Å². The Kier molecular flexibility index (Phi) is 6.85. The van der Waals surface area contributed by atoms with Crippen LogP contribution in [-0.2, 0) is 4.79 Å². The van der Waals surface area contributed by atoms with Crippen LogP contribution in [0.1, 0.15) is 0 Å². The molecule has 0 saturated heterocycles. The van der Waals surface area contributed by atoms with Gasteiger partial charge in [-0.2, -0.15) is 0 Å². The van der Waals surface area contributed by atoms with Crippen molar-refractivity contribution in [3.05, 3.63) is 48.8 Å². The predicted octanol–water partition coefficient (Wildman–Crippen LogP) is 3.30. The Balaban J connectivity index is 1.68. The Morgan fingerprint density at radius 1 is 1.03 bits per heavy atom. The third kappa shape index (κ3) is 5.14. The van der Waals surface area contributed by atoms with Crippen LogP contribution in [0.25, 0.3) is 11.3 Å². The minimum absolute atomic E-state index is 0.140. The van der Waals surface area contributed by atoms with E-state index in [2.05, 4.69) is 20.5 Å². The number of methoxy groups -OCH3 is 3. The number of rotatable bonds is 8. The lowest BCUT2D eigenvalue weighted by atomic mass is 10.1. The number of carbonyl (C=O) groups is 1. The fourth-order valence-electron chi connectivity index (χ4n) is 2.55. The molecular formula is C20H20N4O4S. The molecule has 0 radical (unpaired) electrons. The molecule has 0 fully saturated rings. The average Bonchev–Trinajstić information content (AvgIpc) is 2.77. The fraction of sp³-hybridized carbons (Fsp3) is 0.200. The maximum absolute atomic E-state index is 12.0. The second kappa shape index (κ2) is 9.74. The Labute approximate surface area is 172 Å². The molecule has 0 aliphatic rings. The Morgan fingerprint density at radius 2 is 1.79 bits per heavy atom. The lowest BCUT2D eigenvalue weighted by Crippen LogP contribution is -2.14. The number of benzene rings is 1. The maximum atomic E-state index is 12.0. The molecule has 1 amide bonds. The van der Waals surface area contributed by atoms with Crippen molar-refractivity contribution in [1.29, 1.82) is 0 Å². The highest BCUT2D eigenvalue weighted by Gasteiger charge is 2.15. The topological polar surface area (TPSA) is 95.5 Å². The van der Waals surface area contributed by atoms with Crippen molar-refractivity contribution in [2.24, 2.45) is 0 Å². The number of pyridine rings is 1. The van der Waals surface area contributed by atoms with Crippen molar-refractivity contribution in [3.8, 4) is 28.5 Å². The predicted molar refractivity (Wildman–Crippen MR) is 111 cm³/mol. The van der Waals surface area contributed by atoms with Crippen molar-refractivity contribution in [1.82, 2.24) is 15.2 Å². The molecule has 3 rings (SSSR count). The molecule has 29 heavy (non-hydrogen) atoms. The number of aromatic nitrogens is 3. The summed E-state index contributed by atoms with van der Waals surface area (Å²) < 4.78 is 16.1. The van der Waals surface area contributed by atoms with Gasteiger partial charge >= 0.3 is 0 Å². The van der Waals surface area contributed by atoms with Crippen molar-refractivity contribution in [2.45, 2.75) is 5.03 Å². The van der Waals surface area contributed by atoms with E-state index in [0.29, 0.717) is 33.7 Å². The molecule has 2 heterocycles. The highest BCUT2D eigenvalue weighted by molar-refractivity contribution is 7.99. The Hall–Kier alpha value is -3.33. The third-order valence-electron chi connectivity index (χ3n) is 3.90. The molecule has 1 N–H and O–H groups in total. The first-order valence-corrected chi connectivity index (χ1v) is 9.60. The number of ether oxygens (including phenoxy) is 3. The first kappa shape index (κ1) is 20.4. The quantitative estimate of drug-likeness (QED) is 0.563. The van der Waals surface area contributed by atoms with Gasteiger partial charge in [-0.25, -0.2) is 0 Å². The van der Waals surface area contributed by atoms with E-state index in [0.717, 1.165) is 5.56 Å². The highest BCUT2D eigenvalue weighted by Crippen LogP contribution is 2.40. The van der Waals surface area contributed by atoms with Gasteiger partial charge in [0.2, 0.25) is 11.7 Å². The SMILES string of the molecule is COc1cc(-c2ccc(SCC(=O)Nc3cccnc3)nn2)cc(OC)c1OC. The highest BCUT2D eigenvalue weighted by atomic mass is 32.2. The monoisotopic (exact) mass is 412 g/mol. The number of carbonyl (C=O) groups excluding carboxylic acids is 1. The summed E-state index contributed by atoms with van der Waals surface area (Å²) in [5, 5.41) is 11.9. The summed E-state index contributed by atoms with van der Waals surface area (Å²) in [5.41, 5.74) is 2.08. The molecule has 0 saturated carbocycles. The number of anilines is 1. The maximum Gasteiger partial charge on any atom is 0.234 e. The van der Waals surface area contributed by atoms with E-state index in [4.69, 9.17) is 14.2 Å². The average molecular weight is 412 g/mol. The fourth-order valence-corrected chi connectivity index (χ4v) is 3.17. The van der Waals surface area contributed by atoms with E-state index in [1.165, 1.54) is 11.8 Å². The van der Waals surface area contributed by atoms with Crippen LogP contribution in [0.3, 0.4) is 0 Å². The van der Waals surface area contributed by atoms with Crippen LogP contribution in [0.4, 0.5) is 5.69 Å². The van der Waals surface area contributed by atoms with E-state index in [9.17, 15) is 4.79 Å². The number of nitrogens with zero attached hydrogens (tertiary/aromatic N) is 3. The molecule has 3 aromatic rings. The second-order valence-corrected chi connectivity index (χ2v) is 6.75. The van der Waals surface area contributed by atoms with Gasteiger partial charge in [0, 0.05) is 11.8 Å². The molecule has 0 unspecified atom stereocenters. The van der Waals surface area contributed by atoms with Crippen LogP contribution in [0, 0.1) is 0 Å². The largest absolute Gasteiger partial charge is 0.493 e. The van der Waals surface area contributed by atoms with E-state index >= 15 is 0 Å². The molecular weight excluding hydrogens is 392 g/mol. The third-order valence-corrected chi connectivity index (χ3v) is 4.82. The van der Waals surface area contributed by atoms with Gasteiger partial charge in [-0.1, -0.05) is 11.8 Å². The first-order chi connectivity index (χ1) is 14.1. The zero-order valence-electron chi connectivity index (χ0n) is 16.2. The number of hydrogen-bond donors (Lipinski definition) is 1. The van der Waals surface area contributed by atoms with Crippen LogP contribution in [0.5, 0.6) is 17.2 Å². The smallest absolute Gasteiger partial charge is 0.234 e. The molecule has 0 bridgehead atoms. The Morgan fingerprint density at radius 3 is 2.34 bits per heavy atom. The van der Waals surface area contributed by atoms with Gasteiger partial charge in [0.25, 0.3) is 0 Å². The van der Waals surface area contributed by atoms with Crippen LogP contribution >= 0.6 is 11.8 Å². The van der Waals surface area contributed by atoms with Crippen LogP contribution in [0.2, 0.25) is 0 Å². The second-order valence-electron chi connectivity index (χ2n) is 5.75. The zero-order chi connectivity index (χ0) is 20.6. The number of thioether (sulfide) groups is 1. The van der Waals surface area contributed by atoms with Crippen LogP contribution in [0.15, 0.2) is 53.8 Å². The molecule has 8 nitrogen and oxygen atoms in total. The Bertz CT molecular complexity index is 943. The summed E-state index contributed by atoms with van der Waals surface area (Å²) in [6.07, 6.45) is 3.24. The van der Waals surface area contributed by atoms with E-state index in [1.807, 2.05) is 12.1 Å². The summed E-state index contributed by atoms with van der Waals surface area (Å²) in [6, 6.07) is 10.8. The van der Waals surface area contributed by atoms with Crippen molar-refractivity contribution in [2.75, 3.05) is 32.4 Å². The van der Waals surface area contributed by atoms with Gasteiger partial charge in [0.1, 0.15) is 5.03 Å². The molecule has 150 valence electrons. The van der Waals surface area contributed by atoms with Gasteiger partial charge in [0.05, 0.1) is 44.7 Å². The van der Waals surface area contributed by atoms with Gasteiger partial charge in [-0.15, -0.1) is 10.2 Å². The molecule has 9 heteroatoms. The lowest BCUT2D eigenvalue weighted by molar-refractivity contribution is -0.113. The van der Waals surface area contributed by atoms with Crippen molar-refractivity contribution < 1.29 is 19.0 Å². The van der Waals surface area contributed by atoms with E-state index in [-0.39, 0.29) is 11.7 Å². The number of hydrogen-bond acceptors (Lipinski definition) is 8. The minimum Gasteiger partial charge on any atom is -0.493 e. The summed E-state index contributed by atoms with van der Waals surface area (Å²) >= 11 is 1.30. The summed E-state index contributed by atoms with van der Waals surface area (Å²) in [6.45, 7) is 0. The van der Waals surface area contributed by atoms with Gasteiger partial charge in [0.15, 0.2) is 11.5 Å². The van der Waals surface area contributed by atoms with Crippen molar-refractivity contribution in [3.63, 3.8) is 0 Å². The molecule has 0 aliphatic heterocycles. The molecule has 1 aromatic carbocycles. The molecule has 0 spiro atoms. The molecule has 0 aliphatic carbocycles. The van der Waals surface area contributed by atoms with E-state index in [1.54, 1.807) is 58.0 Å². The minimum atomic E-state index is -0.140. The standard InChI is InChI=1S/C20H20N4O4S/c1-26-16-9-13(10-17(27-2)20(16)28-3)15-6-7-19(24-23-15)29-12-18(25)22-14-5-4-8-21-11-14/h4-11H,12H2,1-3H3,(H,22,25). The zero-order valence-corrected chi connectivity index (χ0v) is 17.0. The van der Waals surface area contributed by atoms with Crippen LogP contribution in [-0.4, -0.2) is 48.2 Å². The normalized spacial score (nSPS) is 10.3. The van der Waals surface area contributed by atoms with Gasteiger partial charge in [-0.05, 0) is 36.4 Å². The lowest BCUT2D eigenvalue weighted by Gasteiger charge is -2.13. The molecule has 0 atom stereocenters. The summed E-state index contributed by atoms with van der Waals surface area (Å²) in [4.78, 5) is 16.0.